The van der Waals surface area contributed by atoms with Crippen LogP contribution < -0.4 is 15.8 Å². The Morgan fingerprint density at radius 3 is 2.68 bits per heavy atom. The van der Waals surface area contributed by atoms with Crippen LogP contribution in [-0.4, -0.2) is 28.2 Å². The minimum atomic E-state index is -0.530. The minimum absolute atomic E-state index is 0.165. The molecule has 1 heterocycles. The van der Waals surface area contributed by atoms with Gasteiger partial charge in [-0.2, -0.15) is 5.10 Å². The second-order valence-corrected chi connectivity index (χ2v) is 5.56. The number of nitrogens with two attached hydrogens (primary N) is 1. The van der Waals surface area contributed by atoms with Gasteiger partial charge in [0, 0.05) is 12.1 Å². The molecule has 2 amide bonds. The van der Waals surface area contributed by atoms with Gasteiger partial charge in [-0.3, -0.25) is 9.59 Å². The Balaban J connectivity index is 1.94. The predicted molar refractivity (Wildman–Crippen MR) is 96.0 cm³/mol. The van der Waals surface area contributed by atoms with Crippen molar-refractivity contribution in [2.75, 3.05) is 11.9 Å². The van der Waals surface area contributed by atoms with Crippen molar-refractivity contribution in [3.63, 3.8) is 0 Å². The first-order valence-corrected chi connectivity index (χ1v) is 8.03. The number of nitrogens with zero attached hydrogens (tertiary/aromatic N) is 2. The number of aromatic nitrogens is 2. The molecular formula is C18H22N4O3. The predicted octanol–water partition coefficient (Wildman–Crippen LogP) is 2.37. The van der Waals surface area contributed by atoms with Crippen LogP contribution in [0.3, 0.4) is 0 Å². The van der Waals surface area contributed by atoms with Crippen LogP contribution in [0, 0.1) is 0 Å². The van der Waals surface area contributed by atoms with E-state index in [2.05, 4.69) is 17.3 Å². The monoisotopic (exact) mass is 342 g/mol. The number of hydrogen-bond donors (Lipinski definition) is 2. The first kappa shape index (κ1) is 18.3. The Labute approximate surface area is 146 Å². The van der Waals surface area contributed by atoms with Gasteiger partial charge in [-0.1, -0.05) is 19.1 Å². The summed E-state index contributed by atoms with van der Waals surface area (Å²) in [4.78, 5) is 22.7. The van der Waals surface area contributed by atoms with Crippen LogP contribution in [0.4, 0.5) is 5.82 Å². The van der Waals surface area contributed by atoms with Crippen molar-refractivity contribution in [3.05, 3.63) is 48.2 Å². The van der Waals surface area contributed by atoms with Crippen molar-refractivity contribution in [1.29, 1.82) is 0 Å². The molecule has 0 bridgehead atoms. The summed E-state index contributed by atoms with van der Waals surface area (Å²) in [7, 11) is 0. The number of carbonyl (C=O) groups excluding carboxylic acids is 2. The summed E-state index contributed by atoms with van der Waals surface area (Å²) in [5.41, 5.74) is 5.85. The first-order chi connectivity index (χ1) is 12.0. The molecule has 3 N–H and O–H groups in total. The number of rotatable bonds is 8. The zero-order valence-corrected chi connectivity index (χ0v) is 14.3. The summed E-state index contributed by atoms with van der Waals surface area (Å²) in [6.07, 6.45) is 5.73. The lowest BCUT2D eigenvalue weighted by atomic mass is 10.2. The maximum absolute atomic E-state index is 12.1. The SMILES string of the molecule is CCC(C)n1nccc1NC(=O)/C=C/c1ccc(OCC(N)=O)cc1. The highest BCUT2D eigenvalue weighted by atomic mass is 16.5. The summed E-state index contributed by atoms with van der Waals surface area (Å²) >= 11 is 0. The smallest absolute Gasteiger partial charge is 0.255 e. The van der Waals surface area contributed by atoms with E-state index in [0.29, 0.717) is 11.6 Å². The molecule has 132 valence electrons. The van der Waals surface area contributed by atoms with E-state index in [1.54, 1.807) is 47.3 Å². The second kappa shape index (κ2) is 8.68. The molecule has 7 nitrogen and oxygen atoms in total. The van der Waals surface area contributed by atoms with E-state index in [-0.39, 0.29) is 18.6 Å². The van der Waals surface area contributed by atoms with Crippen LogP contribution in [0.1, 0.15) is 31.9 Å². The molecule has 7 heteroatoms. The van der Waals surface area contributed by atoms with Crippen molar-refractivity contribution < 1.29 is 14.3 Å². The summed E-state index contributed by atoms with van der Waals surface area (Å²) in [6, 6.07) is 8.95. The lowest BCUT2D eigenvalue weighted by Gasteiger charge is -2.13. The Kier molecular flexibility index (Phi) is 6.33. The fourth-order valence-electron chi connectivity index (χ4n) is 2.11. The van der Waals surface area contributed by atoms with E-state index in [1.165, 1.54) is 6.08 Å². The Morgan fingerprint density at radius 2 is 2.04 bits per heavy atom. The van der Waals surface area contributed by atoms with E-state index >= 15 is 0 Å². The summed E-state index contributed by atoms with van der Waals surface area (Å²) in [5, 5.41) is 7.05. The molecule has 1 atom stereocenters. The van der Waals surface area contributed by atoms with Crippen molar-refractivity contribution >= 4 is 23.7 Å². The molecule has 1 aromatic carbocycles. The topological polar surface area (TPSA) is 99.2 Å². The summed E-state index contributed by atoms with van der Waals surface area (Å²) in [5.74, 6) is 0.438. The number of amides is 2. The molecule has 0 saturated carbocycles. The number of primary amides is 1. The maximum Gasteiger partial charge on any atom is 0.255 e. The van der Waals surface area contributed by atoms with Gasteiger partial charge in [0.2, 0.25) is 5.91 Å². The van der Waals surface area contributed by atoms with Crippen molar-refractivity contribution in [1.82, 2.24) is 9.78 Å². The van der Waals surface area contributed by atoms with Gasteiger partial charge in [0.25, 0.3) is 5.91 Å². The summed E-state index contributed by atoms with van der Waals surface area (Å²) < 4.78 is 6.96. The molecule has 1 aromatic heterocycles. The number of hydrogen-bond acceptors (Lipinski definition) is 4. The molecule has 2 aromatic rings. The quantitative estimate of drug-likeness (QED) is 0.719. The van der Waals surface area contributed by atoms with Crippen LogP contribution in [-0.2, 0) is 9.59 Å². The minimum Gasteiger partial charge on any atom is -0.484 e. The second-order valence-electron chi connectivity index (χ2n) is 5.56. The largest absolute Gasteiger partial charge is 0.484 e. The molecule has 2 rings (SSSR count). The number of anilines is 1. The molecule has 0 aliphatic heterocycles. The number of ether oxygens (including phenoxy) is 1. The summed E-state index contributed by atoms with van der Waals surface area (Å²) in [6.45, 7) is 3.94. The molecule has 0 spiro atoms. The molecule has 1 unspecified atom stereocenters. The van der Waals surface area contributed by atoms with Crippen molar-refractivity contribution in [2.45, 2.75) is 26.3 Å². The van der Waals surface area contributed by atoms with Gasteiger partial charge in [0.05, 0.1) is 12.2 Å². The molecular weight excluding hydrogens is 320 g/mol. The van der Waals surface area contributed by atoms with Crippen LogP contribution in [0.25, 0.3) is 6.08 Å². The van der Waals surface area contributed by atoms with E-state index in [0.717, 1.165) is 12.0 Å². The Hall–Kier alpha value is -3.09. The standard InChI is InChI=1S/C18H22N4O3/c1-3-13(2)22-17(10-11-20-22)21-18(24)9-6-14-4-7-15(8-5-14)25-12-16(19)23/h4-11,13H,3,12H2,1-2H3,(H2,19,23)(H,21,24)/b9-6+. The normalized spacial score (nSPS) is 12.1. The highest BCUT2D eigenvalue weighted by Gasteiger charge is 2.09. The average Bonchev–Trinajstić information content (AvgIpc) is 3.06. The number of carbonyl (C=O) groups is 2. The molecule has 0 fully saturated rings. The lowest BCUT2D eigenvalue weighted by molar-refractivity contribution is -0.120. The van der Waals surface area contributed by atoms with Crippen LogP contribution in [0.15, 0.2) is 42.6 Å². The maximum atomic E-state index is 12.1. The molecule has 0 saturated heterocycles. The first-order valence-electron chi connectivity index (χ1n) is 8.03. The zero-order chi connectivity index (χ0) is 18.2. The highest BCUT2D eigenvalue weighted by Crippen LogP contribution is 2.17. The lowest BCUT2D eigenvalue weighted by Crippen LogP contribution is -2.19. The Bertz CT molecular complexity index is 750. The van der Waals surface area contributed by atoms with Crippen LogP contribution in [0.2, 0.25) is 0 Å². The average molecular weight is 342 g/mol. The van der Waals surface area contributed by atoms with Gasteiger partial charge < -0.3 is 15.8 Å². The number of nitrogens with one attached hydrogen (secondary N) is 1. The van der Waals surface area contributed by atoms with E-state index < -0.39 is 5.91 Å². The van der Waals surface area contributed by atoms with Crippen LogP contribution >= 0.6 is 0 Å². The van der Waals surface area contributed by atoms with Gasteiger partial charge >= 0.3 is 0 Å². The van der Waals surface area contributed by atoms with Crippen LogP contribution in [0.5, 0.6) is 5.75 Å². The molecule has 25 heavy (non-hydrogen) atoms. The van der Waals surface area contributed by atoms with E-state index in [1.807, 2.05) is 6.92 Å². The van der Waals surface area contributed by atoms with E-state index in [4.69, 9.17) is 10.5 Å². The fourth-order valence-corrected chi connectivity index (χ4v) is 2.11. The molecule has 0 aliphatic rings. The number of benzene rings is 1. The van der Waals surface area contributed by atoms with Gasteiger partial charge in [0.1, 0.15) is 11.6 Å². The van der Waals surface area contributed by atoms with Crippen molar-refractivity contribution in [3.8, 4) is 5.75 Å². The molecule has 0 aliphatic carbocycles. The highest BCUT2D eigenvalue weighted by molar-refractivity contribution is 6.01. The van der Waals surface area contributed by atoms with Gasteiger partial charge in [-0.05, 0) is 37.1 Å². The molecule has 0 radical (unpaired) electrons. The third kappa shape index (κ3) is 5.49. The van der Waals surface area contributed by atoms with Gasteiger partial charge in [-0.15, -0.1) is 0 Å². The Morgan fingerprint density at radius 1 is 1.32 bits per heavy atom. The van der Waals surface area contributed by atoms with E-state index in [9.17, 15) is 9.59 Å². The van der Waals surface area contributed by atoms with Gasteiger partial charge in [0.15, 0.2) is 6.61 Å². The van der Waals surface area contributed by atoms with Crippen molar-refractivity contribution in [2.24, 2.45) is 5.73 Å². The van der Waals surface area contributed by atoms with Gasteiger partial charge in [-0.25, -0.2) is 4.68 Å². The zero-order valence-electron chi connectivity index (χ0n) is 14.3. The third-order valence-corrected chi connectivity index (χ3v) is 3.62. The third-order valence-electron chi connectivity index (χ3n) is 3.62. The fraction of sp³-hybridized carbons (Fsp3) is 0.278.